The summed E-state index contributed by atoms with van der Waals surface area (Å²) in [6, 6.07) is 0. The summed E-state index contributed by atoms with van der Waals surface area (Å²) in [7, 11) is 0. The summed E-state index contributed by atoms with van der Waals surface area (Å²) in [6.45, 7) is 0. The Kier molecular flexibility index (Phi) is 25.9. The van der Waals surface area contributed by atoms with Gasteiger partial charge in [0.15, 0.2) is 0 Å². The van der Waals surface area contributed by atoms with E-state index in [4.69, 9.17) is 12.8 Å². The molecule has 0 spiro atoms. The van der Waals surface area contributed by atoms with Gasteiger partial charge in [-0.2, -0.15) is 0 Å². The third-order valence-corrected chi connectivity index (χ3v) is 6.53. The number of allylic oxidation sites excluding steroid dienone is 2. The van der Waals surface area contributed by atoms with Gasteiger partial charge < -0.3 is 20.4 Å². The normalized spacial score (nSPS) is 15.2. The highest BCUT2D eigenvalue weighted by atomic mass is 16.3. The van der Waals surface area contributed by atoms with Gasteiger partial charge >= 0.3 is 0 Å². The standard InChI is InChI=1S/C33H54O4/c1-3-30(34)26-28-32(36)24-22-20-18-16-14-12-10-8-6-5-7-9-11-13-15-17-19-21-23-25-33(37)29-27-31(35)4-2/h1-2,6,8,26-37H,5,7,9-25H2. The van der Waals surface area contributed by atoms with Gasteiger partial charge in [-0.25, -0.2) is 0 Å². The van der Waals surface area contributed by atoms with Crippen LogP contribution >= 0.6 is 0 Å². The van der Waals surface area contributed by atoms with Crippen LogP contribution in [-0.4, -0.2) is 44.8 Å². The molecule has 0 saturated heterocycles. The molecule has 4 atom stereocenters. The van der Waals surface area contributed by atoms with Crippen molar-refractivity contribution < 1.29 is 20.4 Å². The number of hydrogen-bond acceptors (Lipinski definition) is 4. The Labute approximate surface area is 228 Å². The van der Waals surface area contributed by atoms with Crippen LogP contribution in [0.2, 0.25) is 0 Å². The fraction of sp³-hybridized carbons (Fsp3) is 0.697. The zero-order chi connectivity index (χ0) is 27.4. The van der Waals surface area contributed by atoms with Gasteiger partial charge in [0.1, 0.15) is 12.2 Å². The van der Waals surface area contributed by atoms with Crippen molar-refractivity contribution >= 4 is 0 Å². The SMILES string of the molecule is C#CC(O)C=CC(O)CCCCCCCCC=CCCCCCCCCCCCC(O)C=CC(O)C#C. The summed E-state index contributed by atoms with van der Waals surface area (Å²) in [4.78, 5) is 0. The Balaban J connectivity index is 3.32. The number of hydrogen-bond donors (Lipinski definition) is 4. The minimum absolute atomic E-state index is 0.509. The van der Waals surface area contributed by atoms with E-state index < -0.39 is 24.4 Å². The molecule has 0 amide bonds. The molecule has 0 heterocycles. The van der Waals surface area contributed by atoms with Crippen molar-refractivity contribution in [2.45, 2.75) is 146 Å². The van der Waals surface area contributed by atoms with Gasteiger partial charge in [-0.15, -0.1) is 12.8 Å². The summed E-state index contributed by atoms with van der Waals surface area (Å²) in [5.74, 6) is 4.40. The molecule has 0 aliphatic rings. The number of aliphatic hydroxyl groups is 4. The Morgan fingerprint density at radius 3 is 1.05 bits per heavy atom. The van der Waals surface area contributed by atoms with Crippen molar-refractivity contribution in [1.82, 2.24) is 0 Å². The molecule has 4 N–H and O–H groups in total. The van der Waals surface area contributed by atoms with Crippen LogP contribution in [0.3, 0.4) is 0 Å². The molecule has 0 aliphatic heterocycles. The third-order valence-electron chi connectivity index (χ3n) is 6.53. The second-order valence-corrected chi connectivity index (χ2v) is 10.1. The summed E-state index contributed by atoms with van der Waals surface area (Å²) in [6.07, 6.45) is 40.4. The average Bonchev–Trinajstić information content (AvgIpc) is 2.90. The smallest absolute Gasteiger partial charge is 0.133 e. The predicted octanol–water partition coefficient (Wildman–Crippen LogP) is 6.78. The van der Waals surface area contributed by atoms with Gasteiger partial charge in [0.25, 0.3) is 0 Å². The highest BCUT2D eigenvalue weighted by Crippen LogP contribution is 2.14. The first-order valence-corrected chi connectivity index (χ1v) is 14.7. The Morgan fingerprint density at radius 2 is 0.730 bits per heavy atom. The zero-order valence-corrected chi connectivity index (χ0v) is 23.2. The van der Waals surface area contributed by atoms with Gasteiger partial charge in [0.05, 0.1) is 12.2 Å². The van der Waals surface area contributed by atoms with Crippen LogP contribution in [0.15, 0.2) is 36.5 Å². The van der Waals surface area contributed by atoms with Crippen LogP contribution in [0, 0.1) is 24.7 Å². The highest BCUT2D eigenvalue weighted by molar-refractivity contribution is 5.08. The number of rotatable bonds is 25. The van der Waals surface area contributed by atoms with Gasteiger partial charge in [-0.1, -0.05) is 120 Å². The summed E-state index contributed by atoms with van der Waals surface area (Å²) >= 11 is 0. The molecule has 0 fully saturated rings. The van der Waals surface area contributed by atoms with Crippen molar-refractivity contribution in [2.75, 3.05) is 0 Å². The van der Waals surface area contributed by atoms with E-state index in [-0.39, 0.29) is 0 Å². The lowest BCUT2D eigenvalue weighted by Gasteiger charge is -2.06. The quantitative estimate of drug-likeness (QED) is 0.0615. The van der Waals surface area contributed by atoms with E-state index in [1.54, 1.807) is 12.2 Å². The van der Waals surface area contributed by atoms with E-state index in [9.17, 15) is 20.4 Å². The summed E-state index contributed by atoms with van der Waals surface area (Å²) in [5.41, 5.74) is 0. The lowest BCUT2D eigenvalue weighted by Crippen LogP contribution is -2.04. The summed E-state index contributed by atoms with van der Waals surface area (Å²) in [5, 5.41) is 38.1. The molecule has 0 aromatic heterocycles. The maximum Gasteiger partial charge on any atom is 0.133 e. The fourth-order valence-electron chi connectivity index (χ4n) is 4.18. The topological polar surface area (TPSA) is 80.9 Å². The van der Waals surface area contributed by atoms with Gasteiger partial charge in [0.2, 0.25) is 0 Å². The van der Waals surface area contributed by atoms with Crippen molar-refractivity contribution in [3.05, 3.63) is 36.5 Å². The van der Waals surface area contributed by atoms with Crippen molar-refractivity contribution in [3.63, 3.8) is 0 Å². The van der Waals surface area contributed by atoms with Crippen LogP contribution < -0.4 is 0 Å². The molecule has 0 aromatic rings. The van der Waals surface area contributed by atoms with E-state index in [0.717, 1.165) is 38.5 Å². The van der Waals surface area contributed by atoms with E-state index in [0.29, 0.717) is 0 Å². The maximum absolute atomic E-state index is 9.80. The molecular formula is C33H54O4. The van der Waals surface area contributed by atoms with Crippen LogP contribution in [0.1, 0.15) is 122 Å². The number of terminal acetylenes is 2. The fourth-order valence-corrected chi connectivity index (χ4v) is 4.18. The molecule has 0 aliphatic carbocycles. The first kappa shape index (κ1) is 35.2. The average molecular weight is 515 g/mol. The number of unbranched alkanes of at least 4 members (excludes halogenated alkanes) is 15. The third kappa shape index (κ3) is 27.0. The Hall–Kier alpha value is -1.82. The van der Waals surface area contributed by atoms with Crippen LogP contribution in [0.25, 0.3) is 0 Å². The first-order valence-electron chi connectivity index (χ1n) is 14.7. The minimum Gasteiger partial charge on any atom is -0.389 e. The zero-order valence-electron chi connectivity index (χ0n) is 23.2. The molecule has 210 valence electrons. The van der Waals surface area contributed by atoms with E-state index >= 15 is 0 Å². The Bertz CT molecular complexity index is 667. The first-order chi connectivity index (χ1) is 18.0. The molecule has 0 saturated carbocycles. The molecule has 37 heavy (non-hydrogen) atoms. The van der Waals surface area contributed by atoms with Crippen LogP contribution in [0.4, 0.5) is 0 Å². The number of aliphatic hydroxyl groups excluding tert-OH is 4. The molecule has 0 aromatic carbocycles. The van der Waals surface area contributed by atoms with E-state index in [2.05, 4.69) is 24.0 Å². The van der Waals surface area contributed by atoms with E-state index in [1.165, 1.54) is 95.6 Å². The molecule has 0 radical (unpaired) electrons. The van der Waals surface area contributed by atoms with Crippen LogP contribution in [0.5, 0.6) is 0 Å². The minimum atomic E-state index is -0.902. The largest absolute Gasteiger partial charge is 0.389 e. The summed E-state index contributed by atoms with van der Waals surface area (Å²) < 4.78 is 0. The van der Waals surface area contributed by atoms with Crippen LogP contribution in [-0.2, 0) is 0 Å². The van der Waals surface area contributed by atoms with E-state index in [1.807, 2.05) is 0 Å². The molecule has 4 nitrogen and oxygen atoms in total. The predicted molar refractivity (Wildman–Crippen MR) is 157 cm³/mol. The van der Waals surface area contributed by atoms with Crippen molar-refractivity contribution in [3.8, 4) is 24.7 Å². The van der Waals surface area contributed by atoms with Crippen molar-refractivity contribution in [2.24, 2.45) is 0 Å². The second kappa shape index (κ2) is 27.2. The second-order valence-electron chi connectivity index (χ2n) is 10.1. The molecule has 0 bridgehead atoms. The molecule has 4 unspecified atom stereocenters. The molecule has 0 rings (SSSR count). The maximum atomic E-state index is 9.80. The monoisotopic (exact) mass is 514 g/mol. The van der Waals surface area contributed by atoms with Crippen molar-refractivity contribution in [1.29, 1.82) is 0 Å². The van der Waals surface area contributed by atoms with Gasteiger partial charge in [-0.05, 0) is 50.7 Å². The molecular weight excluding hydrogens is 460 g/mol. The highest BCUT2D eigenvalue weighted by Gasteiger charge is 2.01. The molecule has 4 heteroatoms. The van der Waals surface area contributed by atoms with Gasteiger partial charge in [0, 0.05) is 0 Å². The lowest BCUT2D eigenvalue weighted by molar-refractivity contribution is 0.204. The van der Waals surface area contributed by atoms with Gasteiger partial charge in [-0.3, -0.25) is 0 Å². The Morgan fingerprint density at radius 1 is 0.432 bits per heavy atom. The lowest BCUT2D eigenvalue weighted by atomic mass is 10.0.